The molecule has 1 unspecified atom stereocenters. The molecule has 17 heavy (non-hydrogen) atoms. The molecule has 1 atom stereocenters. The number of nitrogens with zero attached hydrogens (tertiary/aromatic N) is 1. The molecule has 1 aliphatic rings. The number of ether oxygens (including phenoxy) is 1. The van der Waals surface area contributed by atoms with Gasteiger partial charge in [-0.2, -0.15) is 0 Å². The highest BCUT2D eigenvalue weighted by molar-refractivity contribution is 7.98. The van der Waals surface area contributed by atoms with Crippen LogP contribution in [0.4, 0.5) is 0 Å². The minimum Gasteiger partial charge on any atom is -0.394 e. The van der Waals surface area contributed by atoms with Gasteiger partial charge in [0.25, 0.3) is 0 Å². The molecule has 3 nitrogen and oxygen atoms in total. The third-order valence-electron chi connectivity index (χ3n) is 3.16. The van der Waals surface area contributed by atoms with E-state index in [4.69, 9.17) is 4.74 Å². The summed E-state index contributed by atoms with van der Waals surface area (Å²) in [7, 11) is 0. The average molecular weight is 253 g/mol. The van der Waals surface area contributed by atoms with Crippen molar-refractivity contribution in [2.24, 2.45) is 0 Å². The van der Waals surface area contributed by atoms with E-state index in [0.29, 0.717) is 0 Å². The van der Waals surface area contributed by atoms with Gasteiger partial charge >= 0.3 is 0 Å². The summed E-state index contributed by atoms with van der Waals surface area (Å²) in [6.07, 6.45) is 2.07. The summed E-state index contributed by atoms with van der Waals surface area (Å²) in [6, 6.07) is 8.56. The van der Waals surface area contributed by atoms with E-state index in [1.165, 1.54) is 10.5 Å². The SMILES string of the molecule is CSc1ccc(C(CO)N2CCOCC2)cc1. The fourth-order valence-corrected chi connectivity index (χ4v) is 2.56. The third kappa shape index (κ3) is 3.22. The summed E-state index contributed by atoms with van der Waals surface area (Å²) >= 11 is 1.74. The molecule has 1 aromatic rings. The lowest BCUT2D eigenvalue weighted by molar-refractivity contribution is 0.00258. The van der Waals surface area contributed by atoms with E-state index in [1.807, 2.05) is 0 Å². The maximum absolute atomic E-state index is 9.57. The van der Waals surface area contributed by atoms with Gasteiger partial charge in [0.1, 0.15) is 0 Å². The molecule has 0 aromatic heterocycles. The number of aliphatic hydroxyl groups excluding tert-OH is 1. The van der Waals surface area contributed by atoms with Crippen molar-refractivity contribution >= 4 is 11.8 Å². The van der Waals surface area contributed by atoms with Crippen molar-refractivity contribution in [2.45, 2.75) is 10.9 Å². The minimum absolute atomic E-state index is 0.106. The fraction of sp³-hybridized carbons (Fsp3) is 0.538. The van der Waals surface area contributed by atoms with Crippen molar-refractivity contribution in [3.05, 3.63) is 29.8 Å². The monoisotopic (exact) mass is 253 g/mol. The van der Waals surface area contributed by atoms with Gasteiger partial charge in [0.15, 0.2) is 0 Å². The molecular formula is C13H19NO2S. The van der Waals surface area contributed by atoms with E-state index < -0.39 is 0 Å². The highest BCUT2D eigenvalue weighted by Crippen LogP contribution is 2.23. The van der Waals surface area contributed by atoms with Crippen LogP contribution in [-0.4, -0.2) is 49.2 Å². The Labute approximate surface area is 107 Å². The Hall–Kier alpha value is -0.550. The second-order valence-electron chi connectivity index (χ2n) is 4.12. The van der Waals surface area contributed by atoms with Gasteiger partial charge in [-0.3, -0.25) is 4.90 Å². The fourth-order valence-electron chi connectivity index (χ4n) is 2.15. The van der Waals surface area contributed by atoms with Crippen LogP contribution in [-0.2, 0) is 4.74 Å². The number of hydrogen-bond acceptors (Lipinski definition) is 4. The predicted octanol–water partition coefficient (Wildman–Crippen LogP) is 1.77. The molecular weight excluding hydrogens is 234 g/mol. The van der Waals surface area contributed by atoms with Crippen LogP contribution >= 0.6 is 11.8 Å². The quantitative estimate of drug-likeness (QED) is 0.829. The molecule has 0 spiro atoms. The lowest BCUT2D eigenvalue weighted by atomic mass is 10.1. The molecule has 0 amide bonds. The summed E-state index contributed by atoms with van der Waals surface area (Å²) in [5.74, 6) is 0. The van der Waals surface area contributed by atoms with Gasteiger partial charge < -0.3 is 9.84 Å². The molecule has 1 aromatic carbocycles. The van der Waals surface area contributed by atoms with E-state index in [1.54, 1.807) is 11.8 Å². The summed E-state index contributed by atoms with van der Waals surface area (Å²) in [4.78, 5) is 3.55. The van der Waals surface area contributed by atoms with Gasteiger partial charge in [0.2, 0.25) is 0 Å². The van der Waals surface area contributed by atoms with Gasteiger partial charge in [-0.1, -0.05) is 12.1 Å². The van der Waals surface area contributed by atoms with Gasteiger partial charge in [0.05, 0.1) is 25.9 Å². The molecule has 1 aliphatic heterocycles. The van der Waals surface area contributed by atoms with Gasteiger partial charge in [-0.25, -0.2) is 0 Å². The van der Waals surface area contributed by atoms with E-state index >= 15 is 0 Å². The van der Waals surface area contributed by atoms with Crippen molar-refractivity contribution in [1.29, 1.82) is 0 Å². The maximum atomic E-state index is 9.57. The Bertz CT molecular complexity index is 336. The molecule has 94 valence electrons. The van der Waals surface area contributed by atoms with Crippen molar-refractivity contribution in [3.63, 3.8) is 0 Å². The van der Waals surface area contributed by atoms with Crippen LogP contribution in [0.1, 0.15) is 11.6 Å². The Morgan fingerprint density at radius 3 is 2.47 bits per heavy atom. The molecule has 0 radical (unpaired) electrons. The standard InChI is InChI=1S/C13H19NO2S/c1-17-12-4-2-11(3-5-12)13(10-15)14-6-8-16-9-7-14/h2-5,13,15H,6-10H2,1H3. The lowest BCUT2D eigenvalue weighted by Gasteiger charge is -2.33. The van der Waals surface area contributed by atoms with Crippen LogP contribution in [0.2, 0.25) is 0 Å². The van der Waals surface area contributed by atoms with Crippen LogP contribution in [0.25, 0.3) is 0 Å². The van der Waals surface area contributed by atoms with Gasteiger partial charge in [-0.15, -0.1) is 11.8 Å². The molecule has 0 bridgehead atoms. The molecule has 1 N–H and O–H groups in total. The summed E-state index contributed by atoms with van der Waals surface area (Å²) in [6.45, 7) is 3.49. The predicted molar refractivity (Wildman–Crippen MR) is 70.4 cm³/mol. The van der Waals surface area contributed by atoms with E-state index in [9.17, 15) is 5.11 Å². The average Bonchev–Trinajstić information content (AvgIpc) is 2.42. The van der Waals surface area contributed by atoms with Crippen LogP contribution in [0, 0.1) is 0 Å². The number of rotatable bonds is 4. The number of benzene rings is 1. The first-order chi connectivity index (χ1) is 8.35. The maximum Gasteiger partial charge on any atom is 0.0628 e. The highest BCUT2D eigenvalue weighted by atomic mass is 32.2. The summed E-state index contributed by atoms with van der Waals surface area (Å²) in [5, 5.41) is 9.57. The van der Waals surface area contributed by atoms with Crippen LogP contribution in [0.5, 0.6) is 0 Å². The zero-order chi connectivity index (χ0) is 12.1. The molecule has 0 saturated carbocycles. The number of hydrogen-bond donors (Lipinski definition) is 1. The van der Waals surface area contributed by atoms with Crippen molar-refractivity contribution in [1.82, 2.24) is 4.90 Å². The van der Waals surface area contributed by atoms with Crippen molar-refractivity contribution in [3.8, 4) is 0 Å². The summed E-state index contributed by atoms with van der Waals surface area (Å²) < 4.78 is 5.34. The molecule has 1 fully saturated rings. The molecule has 1 heterocycles. The topological polar surface area (TPSA) is 32.7 Å². The Kier molecular flexibility index (Phi) is 4.86. The smallest absolute Gasteiger partial charge is 0.0628 e. The molecule has 4 heteroatoms. The second kappa shape index (κ2) is 6.40. The van der Waals surface area contributed by atoms with Crippen LogP contribution in [0.3, 0.4) is 0 Å². The molecule has 0 aliphatic carbocycles. The Balaban J connectivity index is 2.10. The second-order valence-corrected chi connectivity index (χ2v) is 5.00. The van der Waals surface area contributed by atoms with Crippen LogP contribution < -0.4 is 0 Å². The van der Waals surface area contributed by atoms with Crippen molar-refractivity contribution in [2.75, 3.05) is 39.2 Å². The molecule has 1 saturated heterocycles. The Morgan fingerprint density at radius 2 is 1.94 bits per heavy atom. The first-order valence-corrected chi connectivity index (χ1v) is 7.14. The third-order valence-corrected chi connectivity index (χ3v) is 3.90. The van der Waals surface area contributed by atoms with Gasteiger partial charge in [-0.05, 0) is 24.0 Å². The van der Waals surface area contributed by atoms with Crippen molar-refractivity contribution < 1.29 is 9.84 Å². The normalized spacial score (nSPS) is 19.2. The minimum atomic E-state index is 0.106. The highest BCUT2D eigenvalue weighted by Gasteiger charge is 2.21. The lowest BCUT2D eigenvalue weighted by Crippen LogP contribution is -2.40. The van der Waals surface area contributed by atoms with E-state index in [0.717, 1.165) is 26.3 Å². The molecule has 2 rings (SSSR count). The van der Waals surface area contributed by atoms with E-state index in [-0.39, 0.29) is 12.6 Å². The number of morpholine rings is 1. The summed E-state index contributed by atoms with van der Waals surface area (Å²) in [5.41, 5.74) is 1.19. The first-order valence-electron chi connectivity index (χ1n) is 5.91. The number of thioether (sulfide) groups is 1. The first kappa shape index (κ1) is 12.9. The van der Waals surface area contributed by atoms with Crippen LogP contribution in [0.15, 0.2) is 29.2 Å². The van der Waals surface area contributed by atoms with E-state index in [2.05, 4.69) is 35.4 Å². The largest absolute Gasteiger partial charge is 0.394 e. The number of aliphatic hydroxyl groups is 1. The van der Waals surface area contributed by atoms with Gasteiger partial charge in [0, 0.05) is 18.0 Å². The zero-order valence-corrected chi connectivity index (χ0v) is 10.9. The Morgan fingerprint density at radius 1 is 1.29 bits per heavy atom. The zero-order valence-electron chi connectivity index (χ0n) is 10.1.